The molecule has 78 valence electrons. The van der Waals surface area contributed by atoms with Crippen molar-refractivity contribution in [3.63, 3.8) is 0 Å². The van der Waals surface area contributed by atoms with Crippen LogP contribution in [0.2, 0.25) is 0 Å². The van der Waals surface area contributed by atoms with E-state index >= 15 is 0 Å². The van der Waals surface area contributed by atoms with Crippen LogP contribution in [0, 0.1) is 0 Å². The van der Waals surface area contributed by atoms with Gasteiger partial charge >= 0.3 is 0 Å². The van der Waals surface area contributed by atoms with Gasteiger partial charge in [0.05, 0.1) is 6.61 Å². The molecule has 0 aromatic heterocycles. The van der Waals surface area contributed by atoms with Crippen LogP contribution >= 0.6 is 12.6 Å². The van der Waals surface area contributed by atoms with E-state index in [1.807, 2.05) is 18.2 Å². The summed E-state index contributed by atoms with van der Waals surface area (Å²) < 4.78 is 0. The van der Waals surface area contributed by atoms with E-state index in [0.29, 0.717) is 0 Å². The van der Waals surface area contributed by atoms with Gasteiger partial charge in [-0.05, 0) is 17.7 Å². The van der Waals surface area contributed by atoms with Gasteiger partial charge in [0.25, 0.3) is 0 Å². The number of benzene rings is 1. The Morgan fingerprint density at radius 1 is 1.29 bits per heavy atom. The zero-order valence-corrected chi connectivity index (χ0v) is 9.08. The summed E-state index contributed by atoms with van der Waals surface area (Å²) in [4.78, 5) is 0. The third-order valence-corrected chi connectivity index (χ3v) is 2.39. The number of nitrogens with one attached hydrogen (secondary N) is 1. The summed E-state index contributed by atoms with van der Waals surface area (Å²) in [6.07, 6.45) is 0.895. The molecule has 3 heteroatoms. The van der Waals surface area contributed by atoms with Crippen molar-refractivity contribution in [3.8, 4) is 0 Å². The minimum atomic E-state index is 0.160. The molecule has 0 aliphatic heterocycles. The number of hydrogen-bond donors (Lipinski definition) is 3. The maximum absolute atomic E-state index is 9.04. The van der Waals surface area contributed by atoms with Crippen LogP contribution < -0.4 is 5.32 Å². The highest BCUT2D eigenvalue weighted by molar-refractivity contribution is 7.80. The standard InChI is InChI=1S/C11H17NOS/c13-9-11(6-7-14)12-8-10-4-2-1-3-5-10/h1-5,11-14H,6-9H2/t11-/m0/s1. The monoisotopic (exact) mass is 211 g/mol. The molecule has 0 fully saturated rings. The Balaban J connectivity index is 2.32. The highest BCUT2D eigenvalue weighted by Gasteiger charge is 2.04. The molecule has 0 aliphatic rings. The third kappa shape index (κ3) is 4.13. The lowest BCUT2D eigenvalue weighted by Gasteiger charge is -2.14. The van der Waals surface area contributed by atoms with E-state index in [9.17, 15) is 0 Å². The Kier molecular flexibility index (Phi) is 5.68. The van der Waals surface area contributed by atoms with Crippen molar-refractivity contribution in [2.45, 2.75) is 19.0 Å². The predicted molar refractivity (Wildman–Crippen MR) is 62.6 cm³/mol. The summed E-state index contributed by atoms with van der Waals surface area (Å²) in [5.74, 6) is 0.799. The molecule has 2 nitrogen and oxygen atoms in total. The second kappa shape index (κ2) is 6.87. The van der Waals surface area contributed by atoms with E-state index in [2.05, 4.69) is 30.1 Å². The Morgan fingerprint density at radius 2 is 2.00 bits per heavy atom. The van der Waals surface area contributed by atoms with Crippen molar-refractivity contribution in [3.05, 3.63) is 35.9 Å². The number of rotatable bonds is 6. The SMILES string of the molecule is OC[C@H](CCS)NCc1ccccc1. The Labute approximate surface area is 90.8 Å². The van der Waals surface area contributed by atoms with Gasteiger partial charge < -0.3 is 10.4 Å². The molecule has 0 heterocycles. The van der Waals surface area contributed by atoms with E-state index in [-0.39, 0.29) is 12.6 Å². The van der Waals surface area contributed by atoms with E-state index in [1.165, 1.54) is 5.56 Å². The molecule has 0 saturated carbocycles. The second-order valence-electron chi connectivity index (χ2n) is 3.26. The molecule has 1 aromatic carbocycles. The lowest BCUT2D eigenvalue weighted by molar-refractivity contribution is 0.239. The van der Waals surface area contributed by atoms with Crippen LogP contribution in [0.25, 0.3) is 0 Å². The first-order valence-corrected chi connectivity index (χ1v) is 5.49. The van der Waals surface area contributed by atoms with Crippen LogP contribution in [0.5, 0.6) is 0 Å². The lowest BCUT2D eigenvalue weighted by atomic mass is 10.2. The van der Waals surface area contributed by atoms with Gasteiger partial charge in [-0.15, -0.1) is 0 Å². The molecule has 1 aromatic rings. The number of aliphatic hydroxyl groups excluding tert-OH is 1. The molecule has 0 unspecified atom stereocenters. The average Bonchev–Trinajstić information content (AvgIpc) is 2.25. The smallest absolute Gasteiger partial charge is 0.0585 e. The average molecular weight is 211 g/mol. The lowest BCUT2D eigenvalue weighted by Crippen LogP contribution is -2.32. The van der Waals surface area contributed by atoms with E-state index in [0.717, 1.165) is 18.7 Å². The van der Waals surface area contributed by atoms with Crippen LogP contribution in [0.1, 0.15) is 12.0 Å². The van der Waals surface area contributed by atoms with Crippen molar-refractivity contribution in [2.75, 3.05) is 12.4 Å². The maximum atomic E-state index is 9.04. The normalized spacial score (nSPS) is 12.7. The molecule has 0 radical (unpaired) electrons. The Morgan fingerprint density at radius 3 is 2.57 bits per heavy atom. The molecule has 2 N–H and O–H groups in total. The highest BCUT2D eigenvalue weighted by Crippen LogP contribution is 2.00. The first kappa shape index (κ1) is 11.6. The third-order valence-electron chi connectivity index (χ3n) is 2.14. The van der Waals surface area contributed by atoms with E-state index in [4.69, 9.17) is 5.11 Å². The fraction of sp³-hybridized carbons (Fsp3) is 0.455. The summed E-state index contributed by atoms with van der Waals surface area (Å²) in [6.45, 7) is 0.979. The van der Waals surface area contributed by atoms with Crippen molar-refractivity contribution in [2.24, 2.45) is 0 Å². The molecule has 14 heavy (non-hydrogen) atoms. The van der Waals surface area contributed by atoms with Crippen molar-refractivity contribution in [1.82, 2.24) is 5.32 Å². The van der Waals surface area contributed by atoms with Gasteiger partial charge in [0.1, 0.15) is 0 Å². The molecule has 1 atom stereocenters. The van der Waals surface area contributed by atoms with Gasteiger partial charge in [-0.3, -0.25) is 0 Å². The molecule has 0 aliphatic carbocycles. The zero-order chi connectivity index (χ0) is 10.2. The first-order valence-electron chi connectivity index (χ1n) is 4.86. The molecule has 0 saturated heterocycles. The summed E-state index contributed by atoms with van der Waals surface area (Å²) in [5, 5.41) is 12.3. The largest absolute Gasteiger partial charge is 0.395 e. The van der Waals surface area contributed by atoms with Crippen LogP contribution in [-0.4, -0.2) is 23.5 Å². The number of aliphatic hydroxyl groups is 1. The predicted octanol–water partition coefficient (Wildman–Crippen LogP) is 1.46. The van der Waals surface area contributed by atoms with Crippen LogP contribution in [0.4, 0.5) is 0 Å². The molecular weight excluding hydrogens is 194 g/mol. The van der Waals surface area contributed by atoms with Gasteiger partial charge in [0, 0.05) is 12.6 Å². The quantitative estimate of drug-likeness (QED) is 0.622. The van der Waals surface area contributed by atoms with E-state index < -0.39 is 0 Å². The van der Waals surface area contributed by atoms with Gasteiger partial charge in [-0.2, -0.15) is 12.6 Å². The molecule has 0 amide bonds. The van der Waals surface area contributed by atoms with Crippen LogP contribution in [-0.2, 0) is 6.54 Å². The van der Waals surface area contributed by atoms with Crippen LogP contribution in [0.15, 0.2) is 30.3 Å². The summed E-state index contributed by atoms with van der Waals surface area (Å²) in [7, 11) is 0. The fourth-order valence-corrected chi connectivity index (χ4v) is 1.58. The maximum Gasteiger partial charge on any atom is 0.0585 e. The van der Waals surface area contributed by atoms with E-state index in [1.54, 1.807) is 0 Å². The zero-order valence-electron chi connectivity index (χ0n) is 8.19. The Hall–Kier alpha value is -0.510. The summed E-state index contributed by atoms with van der Waals surface area (Å²) in [6, 6.07) is 10.3. The number of hydrogen-bond acceptors (Lipinski definition) is 3. The van der Waals surface area contributed by atoms with Crippen molar-refractivity contribution in [1.29, 1.82) is 0 Å². The highest BCUT2D eigenvalue weighted by atomic mass is 32.1. The second-order valence-corrected chi connectivity index (χ2v) is 3.71. The Bertz CT molecular complexity index is 240. The van der Waals surface area contributed by atoms with Gasteiger partial charge in [0.15, 0.2) is 0 Å². The topological polar surface area (TPSA) is 32.3 Å². The molecular formula is C11H17NOS. The fourth-order valence-electron chi connectivity index (χ4n) is 1.27. The molecule has 0 bridgehead atoms. The van der Waals surface area contributed by atoms with Crippen molar-refractivity contribution >= 4 is 12.6 Å². The van der Waals surface area contributed by atoms with Crippen LogP contribution in [0.3, 0.4) is 0 Å². The van der Waals surface area contributed by atoms with Gasteiger partial charge in [-0.1, -0.05) is 30.3 Å². The minimum Gasteiger partial charge on any atom is -0.395 e. The summed E-state index contributed by atoms with van der Waals surface area (Å²) >= 11 is 4.14. The first-order chi connectivity index (χ1) is 6.86. The minimum absolute atomic E-state index is 0.160. The van der Waals surface area contributed by atoms with Gasteiger partial charge in [0.2, 0.25) is 0 Å². The molecule has 0 spiro atoms. The summed E-state index contributed by atoms with van der Waals surface area (Å²) in [5.41, 5.74) is 1.24. The van der Waals surface area contributed by atoms with Gasteiger partial charge in [-0.25, -0.2) is 0 Å². The molecule has 1 rings (SSSR count). The van der Waals surface area contributed by atoms with Crippen molar-refractivity contribution < 1.29 is 5.11 Å². The number of thiol groups is 1.